The minimum absolute atomic E-state index is 0. The van der Waals surface area contributed by atoms with Crippen LogP contribution in [-0.2, 0) is 19.6 Å². The van der Waals surface area contributed by atoms with E-state index >= 15 is 0 Å². The molecule has 0 spiro atoms. The molecule has 148 valence electrons. The van der Waals surface area contributed by atoms with E-state index < -0.39 is 0 Å². The summed E-state index contributed by atoms with van der Waals surface area (Å²) in [7, 11) is 0. The van der Waals surface area contributed by atoms with Gasteiger partial charge >= 0.3 is 0 Å². The Bertz CT molecular complexity index is 867. The lowest BCUT2D eigenvalue weighted by atomic mass is 10.1. The summed E-state index contributed by atoms with van der Waals surface area (Å²) < 4.78 is 5.80. The summed E-state index contributed by atoms with van der Waals surface area (Å²) in [6.07, 6.45) is 0.859. The van der Waals surface area contributed by atoms with Crippen LogP contribution in [-0.4, -0.2) is 6.54 Å². The highest BCUT2D eigenvalue weighted by Gasteiger charge is 2.02. The molecular formula is C22H21Cl4NO. The largest absolute Gasteiger partial charge is 0.489 e. The Labute approximate surface area is 187 Å². The number of benzene rings is 3. The lowest BCUT2D eigenvalue weighted by Crippen LogP contribution is -2.16. The molecule has 0 aliphatic carbocycles. The van der Waals surface area contributed by atoms with E-state index in [1.165, 1.54) is 5.56 Å². The maximum absolute atomic E-state index is 6.19. The number of hydrogen-bond donors (Lipinski definition) is 1. The van der Waals surface area contributed by atoms with E-state index in [1.807, 2.05) is 48.5 Å². The Balaban J connectivity index is 0.00000280. The molecule has 3 aromatic carbocycles. The van der Waals surface area contributed by atoms with E-state index in [0.717, 1.165) is 41.4 Å². The Morgan fingerprint density at radius 2 is 1.39 bits per heavy atom. The molecule has 0 unspecified atom stereocenters. The van der Waals surface area contributed by atoms with Crippen LogP contribution in [0.3, 0.4) is 0 Å². The number of rotatable bonds is 8. The molecule has 2 nitrogen and oxygen atoms in total. The van der Waals surface area contributed by atoms with Crippen LogP contribution in [0, 0.1) is 0 Å². The van der Waals surface area contributed by atoms with Crippen molar-refractivity contribution in [1.29, 1.82) is 0 Å². The first-order valence-electron chi connectivity index (χ1n) is 8.71. The van der Waals surface area contributed by atoms with Gasteiger partial charge in [0, 0.05) is 21.6 Å². The summed E-state index contributed by atoms with van der Waals surface area (Å²) in [6, 6.07) is 21.4. The standard InChI is InChI=1S/C22H20Cl3NO.ClH/c23-19-6-1-17(2-7-19)15-27-21-9-3-16(4-10-21)14-26-12-11-18-5-8-20(24)13-22(18)25;/h1-10,13,26H,11-12,14-15H2;1H. The SMILES string of the molecule is Cl.Clc1ccc(COc2ccc(CNCCc3ccc(Cl)cc3Cl)cc2)cc1. The Hall–Kier alpha value is -1.42. The zero-order valence-corrected chi connectivity index (χ0v) is 18.2. The van der Waals surface area contributed by atoms with Crippen LogP contribution in [0.4, 0.5) is 0 Å². The molecule has 0 heterocycles. The van der Waals surface area contributed by atoms with Gasteiger partial charge in [-0.3, -0.25) is 0 Å². The second-order valence-corrected chi connectivity index (χ2v) is 7.50. The topological polar surface area (TPSA) is 21.3 Å². The first-order valence-corrected chi connectivity index (χ1v) is 9.84. The van der Waals surface area contributed by atoms with Crippen LogP contribution in [0.5, 0.6) is 5.75 Å². The highest BCUT2D eigenvalue weighted by atomic mass is 35.5. The van der Waals surface area contributed by atoms with Gasteiger partial charge in [-0.05, 0) is 66.1 Å². The average Bonchev–Trinajstić information content (AvgIpc) is 2.67. The molecule has 0 radical (unpaired) electrons. The van der Waals surface area contributed by atoms with Crippen molar-refractivity contribution in [2.24, 2.45) is 0 Å². The normalized spacial score (nSPS) is 10.4. The number of halogens is 4. The van der Waals surface area contributed by atoms with E-state index in [0.29, 0.717) is 16.7 Å². The van der Waals surface area contributed by atoms with Crippen molar-refractivity contribution in [3.63, 3.8) is 0 Å². The van der Waals surface area contributed by atoms with Crippen LogP contribution < -0.4 is 10.1 Å². The lowest BCUT2D eigenvalue weighted by Gasteiger charge is -2.09. The van der Waals surface area contributed by atoms with Crippen LogP contribution in [0.25, 0.3) is 0 Å². The molecule has 0 aliphatic rings. The predicted octanol–water partition coefficient (Wildman–Crippen LogP) is 6.98. The van der Waals surface area contributed by atoms with Gasteiger partial charge in [0.2, 0.25) is 0 Å². The fraction of sp³-hybridized carbons (Fsp3) is 0.182. The summed E-state index contributed by atoms with van der Waals surface area (Å²) in [4.78, 5) is 0. The third-order valence-corrected chi connectivity index (χ3v) is 5.00. The molecule has 0 saturated heterocycles. The highest BCUT2D eigenvalue weighted by Crippen LogP contribution is 2.21. The summed E-state index contributed by atoms with van der Waals surface area (Å²) in [5, 5.41) is 5.54. The first kappa shape index (κ1) is 22.9. The van der Waals surface area contributed by atoms with Crippen molar-refractivity contribution >= 4 is 47.2 Å². The third kappa shape index (κ3) is 7.20. The van der Waals surface area contributed by atoms with E-state index in [4.69, 9.17) is 39.5 Å². The van der Waals surface area contributed by atoms with Crippen LogP contribution in [0.2, 0.25) is 15.1 Å². The van der Waals surface area contributed by atoms with Gasteiger partial charge in [0.15, 0.2) is 0 Å². The summed E-state index contributed by atoms with van der Waals surface area (Å²) >= 11 is 18.0. The van der Waals surface area contributed by atoms with E-state index in [2.05, 4.69) is 17.4 Å². The zero-order chi connectivity index (χ0) is 19.1. The molecule has 0 aliphatic heterocycles. The fourth-order valence-electron chi connectivity index (χ4n) is 2.63. The summed E-state index contributed by atoms with van der Waals surface area (Å²) in [5.41, 5.74) is 3.39. The van der Waals surface area contributed by atoms with Crippen molar-refractivity contribution in [2.45, 2.75) is 19.6 Å². The Kier molecular flexibility index (Phi) is 9.43. The molecule has 0 amide bonds. The molecule has 0 bridgehead atoms. The maximum atomic E-state index is 6.19. The molecule has 6 heteroatoms. The lowest BCUT2D eigenvalue weighted by molar-refractivity contribution is 0.306. The monoisotopic (exact) mass is 455 g/mol. The van der Waals surface area contributed by atoms with E-state index in [9.17, 15) is 0 Å². The van der Waals surface area contributed by atoms with Gasteiger partial charge in [0.05, 0.1) is 0 Å². The average molecular weight is 457 g/mol. The minimum Gasteiger partial charge on any atom is -0.489 e. The minimum atomic E-state index is 0. The van der Waals surface area contributed by atoms with Crippen molar-refractivity contribution in [2.75, 3.05) is 6.54 Å². The Morgan fingerprint density at radius 1 is 0.750 bits per heavy atom. The van der Waals surface area contributed by atoms with Crippen LogP contribution in [0.1, 0.15) is 16.7 Å². The second-order valence-electron chi connectivity index (χ2n) is 6.22. The molecular weight excluding hydrogens is 436 g/mol. The second kappa shape index (κ2) is 11.5. The molecule has 3 aromatic rings. The summed E-state index contributed by atoms with van der Waals surface area (Å²) in [6.45, 7) is 2.16. The molecule has 0 saturated carbocycles. The zero-order valence-electron chi connectivity index (χ0n) is 15.1. The molecule has 0 aromatic heterocycles. The number of hydrogen-bond acceptors (Lipinski definition) is 2. The Morgan fingerprint density at radius 3 is 2.07 bits per heavy atom. The molecule has 0 fully saturated rings. The van der Waals surface area contributed by atoms with E-state index in [1.54, 1.807) is 6.07 Å². The number of ether oxygens (including phenoxy) is 1. The summed E-state index contributed by atoms with van der Waals surface area (Å²) in [5.74, 6) is 0.849. The van der Waals surface area contributed by atoms with Gasteiger partial charge in [-0.2, -0.15) is 0 Å². The van der Waals surface area contributed by atoms with Crippen LogP contribution in [0.15, 0.2) is 66.7 Å². The quantitative estimate of drug-likeness (QED) is 0.369. The maximum Gasteiger partial charge on any atom is 0.119 e. The van der Waals surface area contributed by atoms with Crippen molar-refractivity contribution in [3.05, 3.63) is 98.5 Å². The van der Waals surface area contributed by atoms with Gasteiger partial charge < -0.3 is 10.1 Å². The molecule has 0 atom stereocenters. The smallest absolute Gasteiger partial charge is 0.119 e. The fourth-order valence-corrected chi connectivity index (χ4v) is 3.26. The third-order valence-electron chi connectivity index (χ3n) is 4.16. The van der Waals surface area contributed by atoms with Crippen molar-refractivity contribution in [3.8, 4) is 5.75 Å². The molecule has 28 heavy (non-hydrogen) atoms. The van der Waals surface area contributed by atoms with Crippen LogP contribution >= 0.6 is 47.2 Å². The van der Waals surface area contributed by atoms with Gasteiger partial charge in [-0.25, -0.2) is 0 Å². The van der Waals surface area contributed by atoms with Crippen molar-refractivity contribution < 1.29 is 4.74 Å². The van der Waals surface area contributed by atoms with E-state index in [-0.39, 0.29) is 12.4 Å². The first-order chi connectivity index (χ1) is 13.1. The number of nitrogens with one attached hydrogen (secondary N) is 1. The van der Waals surface area contributed by atoms with Crippen molar-refractivity contribution in [1.82, 2.24) is 5.32 Å². The highest BCUT2D eigenvalue weighted by molar-refractivity contribution is 6.35. The van der Waals surface area contributed by atoms with Gasteiger partial charge in [-0.15, -0.1) is 12.4 Å². The van der Waals surface area contributed by atoms with Gasteiger partial charge in [-0.1, -0.05) is 65.1 Å². The van der Waals surface area contributed by atoms with Gasteiger partial charge in [0.25, 0.3) is 0 Å². The molecule has 1 N–H and O–H groups in total. The molecule has 3 rings (SSSR count). The van der Waals surface area contributed by atoms with Gasteiger partial charge in [0.1, 0.15) is 12.4 Å². The predicted molar refractivity (Wildman–Crippen MR) is 121 cm³/mol.